The maximum absolute atomic E-state index is 12.2. The molecule has 1 N–H and O–H groups in total. The lowest BCUT2D eigenvalue weighted by atomic mass is 10.4. The second kappa shape index (κ2) is 3.45. The largest absolute Gasteiger partial charge is 0.640 e. The predicted molar refractivity (Wildman–Crippen MR) is 33.9 cm³/mol. The molecule has 11 nitrogen and oxygen atoms in total. The van der Waals surface area contributed by atoms with Crippen molar-refractivity contribution in [1.82, 2.24) is 26.0 Å². The molecule has 0 saturated heterocycles. The van der Waals surface area contributed by atoms with Gasteiger partial charge in [-0.05, 0) is 5.21 Å². The maximum atomic E-state index is 12.2. The molecule has 15 heavy (non-hydrogen) atoms. The van der Waals surface area contributed by atoms with Crippen LogP contribution in [0.4, 0.5) is 8.96 Å². The van der Waals surface area contributed by atoms with Gasteiger partial charge in [0.1, 0.15) is 9.85 Å². The summed E-state index contributed by atoms with van der Waals surface area (Å²) in [4.78, 5) is 17.0. The van der Waals surface area contributed by atoms with E-state index in [1.54, 1.807) is 5.21 Å². The molecule has 0 radical (unpaired) electrons. The third-order valence-electron chi connectivity index (χ3n) is 1.39. The van der Waals surface area contributed by atoms with Gasteiger partial charge in [0, 0.05) is 0 Å². The van der Waals surface area contributed by atoms with Crippen molar-refractivity contribution < 1.29 is 18.8 Å². The van der Waals surface area contributed by atoms with E-state index in [2.05, 4.69) is 15.4 Å². The van der Waals surface area contributed by atoms with Gasteiger partial charge in [-0.1, -0.05) is 14.1 Å². The highest BCUT2D eigenvalue weighted by Gasteiger charge is 2.71. The summed E-state index contributed by atoms with van der Waals surface area (Å²) in [6.45, 7) is 0. The first-order chi connectivity index (χ1) is 6.94. The molecule has 0 saturated carbocycles. The Balaban J connectivity index is 3.40. The van der Waals surface area contributed by atoms with Crippen LogP contribution in [0.3, 0.4) is 0 Å². The van der Waals surface area contributed by atoms with Gasteiger partial charge in [0.15, 0.2) is 5.34 Å². The zero-order valence-electron chi connectivity index (χ0n) is 6.57. The first-order valence-electron chi connectivity index (χ1n) is 3.08. The van der Waals surface area contributed by atoms with Crippen molar-refractivity contribution in [3.05, 3.63) is 26.1 Å². The van der Waals surface area contributed by atoms with Gasteiger partial charge in [0.25, 0.3) is 0 Å². The number of nitrogens with zero attached hydrogens (tertiary/aromatic N) is 6. The number of tetrazole rings is 1. The zero-order chi connectivity index (χ0) is 11.6. The Labute approximate surface area is 77.8 Å². The molecule has 0 bridgehead atoms. The number of aromatic nitrogens is 4. The Morgan fingerprint density at radius 3 is 2.13 bits per heavy atom. The smallest absolute Gasteiger partial charge is 0.257 e. The van der Waals surface area contributed by atoms with Crippen molar-refractivity contribution in [1.29, 1.82) is 0 Å². The molecule has 1 aromatic heterocycles. The lowest BCUT2D eigenvalue weighted by Gasteiger charge is -2.11. The van der Waals surface area contributed by atoms with Crippen molar-refractivity contribution in [2.24, 2.45) is 0 Å². The van der Waals surface area contributed by atoms with E-state index in [-0.39, 0.29) is 0 Å². The van der Waals surface area contributed by atoms with E-state index in [4.69, 9.17) is 0 Å². The molecular weight excluding hydrogens is 224 g/mol. The average molecular weight is 225 g/mol. The van der Waals surface area contributed by atoms with E-state index in [9.17, 15) is 29.2 Å². The van der Waals surface area contributed by atoms with Crippen LogP contribution in [0.5, 0.6) is 0 Å². The maximum Gasteiger partial charge on any atom is 0.640 e. The van der Waals surface area contributed by atoms with Crippen LogP contribution >= 0.6 is 0 Å². The Morgan fingerprint density at radius 2 is 1.87 bits per heavy atom. The average Bonchev–Trinajstić information content (AvgIpc) is 2.55. The van der Waals surface area contributed by atoms with Crippen LogP contribution in [-0.2, 0) is 5.79 Å². The summed E-state index contributed by atoms with van der Waals surface area (Å²) < 4.78 is 24.5. The Bertz CT molecular complexity index is 362. The molecule has 82 valence electrons. The fourth-order valence-corrected chi connectivity index (χ4v) is 0.733. The SMILES string of the molecule is O=[N+]([O-])C(c1nn[nH]n1)(N(F)F)[N+](=O)[O-]. The Kier molecular flexibility index (Phi) is 2.47. The fraction of sp³-hybridized carbons (Fsp3) is 0.500. The molecule has 0 unspecified atom stereocenters. The standard InChI is InChI=1S/C2HF2N7O4/c3-9(4)2(10(12)13,11(14)15)1-5-7-8-6-1/h(H,5,6,7,8). The summed E-state index contributed by atoms with van der Waals surface area (Å²) in [6.07, 6.45) is 0. The van der Waals surface area contributed by atoms with Crippen LogP contribution < -0.4 is 0 Å². The van der Waals surface area contributed by atoms with Crippen LogP contribution in [0, 0.1) is 20.2 Å². The van der Waals surface area contributed by atoms with Crippen LogP contribution in [0.2, 0.25) is 0 Å². The highest BCUT2D eigenvalue weighted by Crippen LogP contribution is 2.27. The summed E-state index contributed by atoms with van der Waals surface area (Å²) in [5, 5.41) is 28.4. The number of H-pyrrole nitrogens is 1. The van der Waals surface area contributed by atoms with Crippen LogP contribution in [0.1, 0.15) is 5.82 Å². The van der Waals surface area contributed by atoms with Gasteiger partial charge in [-0.15, -0.1) is 5.10 Å². The molecule has 0 fully saturated rings. The molecule has 1 aromatic rings. The van der Waals surface area contributed by atoms with Crippen molar-refractivity contribution in [3.63, 3.8) is 0 Å². The minimum atomic E-state index is -4.05. The van der Waals surface area contributed by atoms with Crippen LogP contribution in [0.25, 0.3) is 0 Å². The number of aromatic amines is 1. The summed E-state index contributed by atoms with van der Waals surface area (Å²) in [5.74, 6) is -5.42. The van der Waals surface area contributed by atoms with E-state index in [0.717, 1.165) is 0 Å². The monoisotopic (exact) mass is 225 g/mol. The third-order valence-corrected chi connectivity index (χ3v) is 1.39. The lowest BCUT2D eigenvalue weighted by molar-refractivity contribution is -0.864. The number of nitro groups is 2. The van der Waals surface area contributed by atoms with E-state index in [0.29, 0.717) is 0 Å². The van der Waals surface area contributed by atoms with E-state index in [1.165, 1.54) is 0 Å². The number of hydrogen-bond acceptors (Lipinski definition) is 8. The molecule has 0 aliphatic rings. The van der Waals surface area contributed by atoms with Gasteiger partial charge in [0.05, 0.1) is 0 Å². The highest BCUT2D eigenvalue weighted by molar-refractivity contribution is 4.86. The van der Waals surface area contributed by atoms with Gasteiger partial charge >= 0.3 is 11.6 Å². The Hall–Kier alpha value is -2.31. The first-order valence-corrected chi connectivity index (χ1v) is 3.08. The van der Waals surface area contributed by atoms with E-state index in [1.807, 2.05) is 0 Å². The minimum absolute atomic E-state index is 1.37. The molecule has 0 aliphatic heterocycles. The second-order valence-corrected chi connectivity index (χ2v) is 2.12. The van der Waals surface area contributed by atoms with Crippen molar-refractivity contribution in [3.8, 4) is 0 Å². The number of halogens is 2. The molecule has 1 heterocycles. The zero-order valence-corrected chi connectivity index (χ0v) is 6.57. The molecule has 13 heteroatoms. The highest BCUT2D eigenvalue weighted by atomic mass is 19.4. The molecule has 0 spiro atoms. The lowest BCUT2D eigenvalue weighted by Crippen LogP contribution is -2.52. The normalized spacial score (nSPS) is 11.7. The summed E-state index contributed by atoms with van der Waals surface area (Å²) in [6, 6.07) is 0. The van der Waals surface area contributed by atoms with Gasteiger partial charge in [-0.3, -0.25) is 20.2 Å². The van der Waals surface area contributed by atoms with Crippen LogP contribution in [-0.4, -0.2) is 35.8 Å². The predicted octanol–water partition coefficient (Wildman–Crippen LogP) is -1.07. The minimum Gasteiger partial charge on any atom is -0.257 e. The molecule has 0 amide bonds. The van der Waals surface area contributed by atoms with Crippen molar-refractivity contribution in [2.75, 3.05) is 0 Å². The third kappa shape index (κ3) is 1.33. The number of nitrogens with one attached hydrogen (secondary N) is 1. The van der Waals surface area contributed by atoms with E-state index >= 15 is 0 Å². The summed E-state index contributed by atoms with van der Waals surface area (Å²) in [5.41, 5.74) is 0. The van der Waals surface area contributed by atoms with E-state index < -0.39 is 26.8 Å². The first kappa shape index (κ1) is 10.8. The van der Waals surface area contributed by atoms with Gasteiger partial charge in [-0.25, -0.2) is 0 Å². The topological polar surface area (TPSA) is 144 Å². The van der Waals surface area contributed by atoms with Gasteiger partial charge in [-0.2, -0.15) is 5.21 Å². The van der Waals surface area contributed by atoms with Gasteiger partial charge in [0.2, 0.25) is 0 Å². The summed E-state index contributed by atoms with van der Waals surface area (Å²) in [7, 11) is 0. The number of rotatable bonds is 4. The quantitative estimate of drug-likeness (QED) is 0.295. The molecule has 0 aliphatic carbocycles. The molecule has 0 aromatic carbocycles. The number of hydrogen-bond donors (Lipinski definition) is 1. The second-order valence-electron chi connectivity index (χ2n) is 2.12. The van der Waals surface area contributed by atoms with Crippen molar-refractivity contribution >= 4 is 0 Å². The Morgan fingerprint density at radius 1 is 1.33 bits per heavy atom. The molecule has 1 rings (SSSR count). The van der Waals surface area contributed by atoms with Crippen LogP contribution in [0.15, 0.2) is 0 Å². The molecular formula is C2HF2N7O4. The molecule has 0 atom stereocenters. The van der Waals surface area contributed by atoms with Crippen molar-refractivity contribution in [2.45, 2.75) is 5.79 Å². The van der Waals surface area contributed by atoms with Gasteiger partial charge < -0.3 is 0 Å². The fourth-order valence-electron chi connectivity index (χ4n) is 0.733. The summed E-state index contributed by atoms with van der Waals surface area (Å²) >= 11 is 0.